The van der Waals surface area contributed by atoms with Gasteiger partial charge in [0.2, 0.25) is 5.88 Å². The van der Waals surface area contributed by atoms with Crippen LogP contribution in [0.1, 0.15) is 19.4 Å². The predicted molar refractivity (Wildman–Crippen MR) is 75.3 cm³/mol. The van der Waals surface area contributed by atoms with Crippen LogP contribution in [0.2, 0.25) is 0 Å². The van der Waals surface area contributed by atoms with Crippen LogP contribution in [-0.4, -0.2) is 26.5 Å². The van der Waals surface area contributed by atoms with E-state index in [0.717, 1.165) is 0 Å². The smallest absolute Gasteiger partial charge is 0.201 e. The van der Waals surface area contributed by atoms with Crippen LogP contribution in [0.15, 0.2) is 23.0 Å². The van der Waals surface area contributed by atoms with Crippen molar-refractivity contribution >= 4 is 10.9 Å². The van der Waals surface area contributed by atoms with Crippen molar-refractivity contribution in [2.75, 3.05) is 0 Å². The fourth-order valence-corrected chi connectivity index (χ4v) is 2.64. The van der Waals surface area contributed by atoms with E-state index < -0.39 is 11.7 Å². The molecule has 0 radical (unpaired) electrons. The molecule has 1 aliphatic heterocycles. The lowest BCUT2D eigenvalue weighted by Gasteiger charge is -2.37. The first-order valence-electron chi connectivity index (χ1n) is 6.53. The number of rotatable bonds is 0. The van der Waals surface area contributed by atoms with Gasteiger partial charge in [0.15, 0.2) is 5.43 Å². The molecule has 0 saturated carbocycles. The molecule has 2 heterocycles. The fraction of sp³-hybridized carbons (Fsp3) is 0.400. The SMILES string of the molecule is Cn1c2c(c(=O)c3cc(O)ccc31)C[C@@H](O)C(C)(C)O2. The molecule has 0 amide bonds. The zero-order valence-corrected chi connectivity index (χ0v) is 11.7. The van der Waals surface area contributed by atoms with E-state index in [1.54, 1.807) is 24.5 Å². The number of hydrogen-bond acceptors (Lipinski definition) is 4. The molecule has 3 rings (SSSR count). The third-order valence-electron chi connectivity index (χ3n) is 3.98. The Morgan fingerprint density at radius 3 is 2.80 bits per heavy atom. The lowest BCUT2D eigenvalue weighted by atomic mass is 9.91. The van der Waals surface area contributed by atoms with Gasteiger partial charge < -0.3 is 19.5 Å². The Morgan fingerprint density at radius 1 is 1.40 bits per heavy atom. The minimum Gasteiger partial charge on any atom is -0.508 e. The number of pyridine rings is 1. The second-order valence-electron chi connectivity index (χ2n) is 5.80. The number of fused-ring (bicyclic) bond motifs is 2. The molecule has 20 heavy (non-hydrogen) atoms. The third kappa shape index (κ3) is 1.70. The molecule has 1 aromatic carbocycles. The van der Waals surface area contributed by atoms with Crippen molar-refractivity contribution in [2.45, 2.75) is 32.0 Å². The molecule has 0 bridgehead atoms. The number of hydrogen-bond donors (Lipinski definition) is 2. The van der Waals surface area contributed by atoms with Crippen LogP contribution in [0.25, 0.3) is 10.9 Å². The Balaban J connectivity index is 2.38. The van der Waals surface area contributed by atoms with Crippen molar-refractivity contribution in [1.82, 2.24) is 4.57 Å². The number of ether oxygens (including phenoxy) is 1. The second-order valence-corrected chi connectivity index (χ2v) is 5.80. The van der Waals surface area contributed by atoms with Gasteiger partial charge in [-0.15, -0.1) is 0 Å². The van der Waals surface area contributed by atoms with Crippen molar-refractivity contribution < 1.29 is 14.9 Å². The highest BCUT2D eigenvalue weighted by Crippen LogP contribution is 2.33. The van der Waals surface area contributed by atoms with Gasteiger partial charge in [-0.1, -0.05) is 0 Å². The summed E-state index contributed by atoms with van der Waals surface area (Å²) in [5.41, 5.74) is 0.219. The minimum atomic E-state index is -0.738. The van der Waals surface area contributed by atoms with Crippen molar-refractivity contribution in [3.8, 4) is 11.6 Å². The Kier molecular flexibility index (Phi) is 2.59. The standard InChI is InChI=1S/C15H17NO4/c1-15(2)12(18)7-10-13(19)9-6-8(17)4-5-11(9)16(3)14(10)20-15/h4-6,12,17-18H,7H2,1-3H3/t12-/m1/s1. The molecule has 2 aromatic rings. The summed E-state index contributed by atoms with van der Waals surface area (Å²) in [4.78, 5) is 12.5. The summed E-state index contributed by atoms with van der Waals surface area (Å²) in [6, 6.07) is 4.68. The maximum Gasteiger partial charge on any atom is 0.201 e. The number of aromatic nitrogens is 1. The number of aliphatic hydroxyl groups excluding tert-OH is 1. The van der Waals surface area contributed by atoms with E-state index in [0.29, 0.717) is 22.3 Å². The van der Waals surface area contributed by atoms with E-state index in [-0.39, 0.29) is 17.6 Å². The number of phenolic OH excluding ortho intramolecular Hbond substituents is 1. The summed E-state index contributed by atoms with van der Waals surface area (Å²) >= 11 is 0. The van der Waals surface area contributed by atoms with Crippen LogP contribution >= 0.6 is 0 Å². The van der Waals surface area contributed by atoms with E-state index in [4.69, 9.17) is 4.74 Å². The van der Waals surface area contributed by atoms with Crippen LogP contribution in [0.3, 0.4) is 0 Å². The van der Waals surface area contributed by atoms with Crippen molar-refractivity contribution in [2.24, 2.45) is 7.05 Å². The maximum absolute atomic E-state index is 12.5. The number of phenols is 1. The third-order valence-corrected chi connectivity index (χ3v) is 3.98. The molecular formula is C15H17NO4. The average Bonchev–Trinajstić information content (AvgIpc) is 2.38. The quantitative estimate of drug-likeness (QED) is 0.760. The topological polar surface area (TPSA) is 71.7 Å². The largest absolute Gasteiger partial charge is 0.508 e. The van der Waals surface area contributed by atoms with Gasteiger partial charge in [-0.25, -0.2) is 0 Å². The molecule has 106 valence electrons. The van der Waals surface area contributed by atoms with Gasteiger partial charge in [0, 0.05) is 18.9 Å². The molecule has 1 atom stereocenters. The highest BCUT2D eigenvalue weighted by molar-refractivity contribution is 5.82. The molecule has 2 N–H and O–H groups in total. The van der Waals surface area contributed by atoms with E-state index in [1.807, 2.05) is 7.05 Å². The molecule has 0 unspecified atom stereocenters. The van der Waals surface area contributed by atoms with Gasteiger partial charge >= 0.3 is 0 Å². The van der Waals surface area contributed by atoms with Crippen LogP contribution in [0, 0.1) is 0 Å². The summed E-state index contributed by atoms with van der Waals surface area (Å²) in [7, 11) is 1.81. The second kappa shape index (κ2) is 3.99. The zero-order valence-electron chi connectivity index (χ0n) is 11.7. The first-order valence-corrected chi connectivity index (χ1v) is 6.53. The van der Waals surface area contributed by atoms with Gasteiger partial charge in [0.1, 0.15) is 11.4 Å². The first-order chi connectivity index (χ1) is 9.31. The van der Waals surface area contributed by atoms with E-state index in [2.05, 4.69) is 0 Å². The summed E-state index contributed by atoms with van der Waals surface area (Å²) in [5.74, 6) is 0.538. The number of aryl methyl sites for hydroxylation is 1. The Labute approximate surface area is 116 Å². The number of nitrogens with zero attached hydrogens (tertiary/aromatic N) is 1. The normalized spacial score (nSPS) is 20.5. The molecule has 1 aromatic heterocycles. The summed E-state index contributed by atoms with van der Waals surface area (Å²) < 4.78 is 7.62. The summed E-state index contributed by atoms with van der Waals surface area (Å²) in [5, 5.41) is 20.1. The lowest BCUT2D eigenvalue weighted by molar-refractivity contribution is -0.0465. The van der Waals surface area contributed by atoms with Crippen molar-refractivity contribution in [1.29, 1.82) is 0 Å². The molecule has 0 fully saturated rings. The summed E-state index contributed by atoms with van der Waals surface area (Å²) in [6.45, 7) is 3.60. The molecule has 5 nitrogen and oxygen atoms in total. The Hall–Kier alpha value is -2.01. The van der Waals surface area contributed by atoms with E-state index in [9.17, 15) is 15.0 Å². The molecule has 0 saturated heterocycles. The highest BCUT2D eigenvalue weighted by atomic mass is 16.5. The van der Waals surface area contributed by atoms with Crippen LogP contribution < -0.4 is 10.2 Å². The first kappa shape index (κ1) is 13.0. The maximum atomic E-state index is 12.5. The number of benzene rings is 1. The monoisotopic (exact) mass is 275 g/mol. The highest BCUT2D eigenvalue weighted by Gasteiger charge is 2.38. The van der Waals surface area contributed by atoms with Gasteiger partial charge in [0.25, 0.3) is 0 Å². The lowest BCUT2D eigenvalue weighted by Crippen LogP contribution is -2.48. The number of aliphatic hydroxyl groups is 1. The van der Waals surface area contributed by atoms with Crippen LogP contribution in [0.4, 0.5) is 0 Å². The Bertz CT molecular complexity index is 761. The molecular weight excluding hydrogens is 258 g/mol. The molecule has 1 aliphatic rings. The molecule has 0 spiro atoms. The van der Waals surface area contributed by atoms with E-state index in [1.165, 1.54) is 12.1 Å². The summed E-state index contributed by atoms with van der Waals surface area (Å²) in [6.07, 6.45) is -0.488. The fourth-order valence-electron chi connectivity index (χ4n) is 2.64. The van der Waals surface area contributed by atoms with Gasteiger partial charge in [-0.2, -0.15) is 0 Å². The van der Waals surface area contributed by atoms with Gasteiger partial charge in [0.05, 0.1) is 17.2 Å². The predicted octanol–water partition coefficient (Wildman–Crippen LogP) is 1.32. The van der Waals surface area contributed by atoms with Gasteiger partial charge in [-0.05, 0) is 32.0 Å². The van der Waals surface area contributed by atoms with Crippen LogP contribution in [0.5, 0.6) is 11.6 Å². The molecule has 5 heteroatoms. The van der Waals surface area contributed by atoms with Crippen molar-refractivity contribution in [3.05, 3.63) is 34.0 Å². The van der Waals surface area contributed by atoms with Gasteiger partial charge in [-0.3, -0.25) is 4.79 Å². The number of aromatic hydroxyl groups is 1. The van der Waals surface area contributed by atoms with E-state index >= 15 is 0 Å². The zero-order chi connectivity index (χ0) is 14.7. The van der Waals surface area contributed by atoms with Crippen molar-refractivity contribution in [3.63, 3.8) is 0 Å². The molecule has 0 aliphatic carbocycles. The average molecular weight is 275 g/mol. The van der Waals surface area contributed by atoms with Crippen LogP contribution in [-0.2, 0) is 13.5 Å². The minimum absolute atomic E-state index is 0.0483. The Morgan fingerprint density at radius 2 is 2.10 bits per heavy atom.